The Bertz CT molecular complexity index is 512. The molecule has 0 spiro atoms. The molecule has 0 saturated heterocycles. The molecule has 2 atom stereocenters. The second kappa shape index (κ2) is 4.50. The number of benzene rings is 2. The summed E-state index contributed by atoms with van der Waals surface area (Å²) < 4.78 is 0. The zero-order chi connectivity index (χ0) is 11.7. The van der Waals surface area contributed by atoms with Crippen LogP contribution in [-0.4, -0.2) is 11.2 Å². The third-order valence-electron chi connectivity index (χ3n) is 3.91. The minimum Gasteiger partial charge on any atom is -0.393 e. The van der Waals surface area contributed by atoms with Crippen LogP contribution in [0, 0.1) is 0 Å². The molecule has 0 aromatic heterocycles. The molecule has 1 nitrogen and oxygen atoms in total. The van der Waals surface area contributed by atoms with Gasteiger partial charge in [-0.3, -0.25) is 0 Å². The zero-order valence-corrected chi connectivity index (χ0v) is 9.97. The van der Waals surface area contributed by atoms with Crippen LogP contribution in [0.25, 0.3) is 10.8 Å². The summed E-state index contributed by atoms with van der Waals surface area (Å²) in [6.45, 7) is 0. The van der Waals surface area contributed by atoms with Crippen LogP contribution in [0.4, 0.5) is 0 Å². The standard InChI is InChI=1S/C16H18O/c17-14-8-3-7-13(11-14)16-10-4-6-12-5-1-2-9-15(12)16/h1-2,4-6,9-10,13-14,17H,3,7-8,11H2. The van der Waals surface area contributed by atoms with Crippen molar-refractivity contribution in [1.29, 1.82) is 0 Å². The lowest BCUT2D eigenvalue weighted by Crippen LogP contribution is -2.18. The van der Waals surface area contributed by atoms with Crippen molar-refractivity contribution in [2.24, 2.45) is 0 Å². The molecule has 1 heteroatoms. The van der Waals surface area contributed by atoms with Gasteiger partial charge in [-0.15, -0.1) is 0 Å². The van der Waals surface area contributed by atoms with E-state index in [0.717, 1.165) is 19.3 Å². The van der Waals surface area contributed by atoms with E-state index in [-0.39, 0.29) is 6.10 Å². The molecule has 0 aliphatic heterocycles. The molecule has 1 fully saturated rings. The zero-order valence-electron chi connectivity index (χ0n) is 9.97. The summed E-state index contributed by atoms with van der Waals surface area (Å²) in [5.41, 5.74) is 1.42. The molecule has 0 bridgehead atoms. The van der Waals surface area contributed by atoms with Gasteiger partial charge in [-0.2, -0.15) is 0 Å². The summed E-state index contributed by atoms with van der Waals surface area (Å²) in [5, 5.41) is 12.5. The number of aliphatic hydroxyl groups is 1. The Balaban J connectivity index is 2.04. The summed E-state index contributed by atoms with van der Waals surface area (Å²) in [6, 6.07) is 15.1. The lowest BCUT2D eigenvalue weighted by molar-refractivity contribution is 0.120. The van der Waals surface area contributed by atoms with Crippen molar-refractivity contribution in [3.8, 4) is 0 Å². The molecule has 1 saturated carbocycles. The molecule has 88 valence electrons. The maximum absolute atomic E-state index is 9.81. The van der Waals surface area contributed by atoms with Crippen LogP contribution >= 0.6 is 0 Å². The first-order valence-corrected chi connectivity index (χ1v) is 6.50. The third kappa shape index (κ3) is 2.07. The maximum Gasteiger partial charge on any atom is 0.0546 e. The average Bonchev–Trinajstić information content (AvgIpc) is 2.38. The molecule has 0 amide bonds. The first-order chi connectivity index (χ1) is 8.34. The van der Waals surface area contributed by atoms with Gasteiger partial charge in [-0.25, -0.2) is 0 Å². The van der Waals surface area contributed by atoms with Gasteiger partial charge in [-0.05, 0) is 41.5 Å². The predicted molar refractivity (Wildman–Crippen MR) is 71.2 cm³/mol. The molecule has 0 radical (unpaired) electrons. The van der Waals surface area contributed by atoms with E-state index in [1.165, 1.54) is 22.8 Å². The van der Waals surface area contributed by atoms with Crippen molar-refractivity contribution < 1.29 is 5.11 Å². The Labute approximate surface area is 102 Å². The summed E-state index contributed by atoms with van der Waals surface area (Å²) in [5.74, 6) is 0.532. The fourth-order valence-corrected chi connectivity index (χ4v) is 3.05. The van der Waals surface area contributed by atoms with E-state index in [9.17, 15) is 5.11 Å². The SMILES string of the molecule is OC1CCCC(c2cccc3ccccc23)C1. The van der Waals surface area contributed by atoms with Crippen LogP contribution in [0.1, 0.15) is 37.2 Å². The van der Waals surface area contributed by atoms with Gasteiger partial charge in [-0.1, -0.05) is 48.9 Å². The second-order valence-corrected chi connectivity index (χ2v) is 5.09. The normalized spacial score (nSPS) is 25.0. The Morgan fingerprint density at radius 2 is 1.76 bits per heavy atom. The fraction of sp³-hybridized carbons (Fsp3) is 0.375. The van der Waals surface area contributed by atoms with Gasteiger partial charge < -0.3 is 5.11 Å². The number of aliphatic hydroxyl groups excluding tert-OH is 1. The molecule has 0 heterocycles. The van der Waals surface area contributed by atoms with Crippen LogP contribution in [0.3, 0.4) is 0 Å². The highest BCUT2D eigenvalue weighted by Gasteiger charge is 2.22. The number of rotatable bonds is 1. The van der Waals surface area contributed by atoms with E-state index in [2.05, 4.69) is 42.5 Å². The van der Waals surface area contributed by atoms with E-state index < -0.39 is 0 Å². The minimum absolute atomic E-state index is 0.104. The molecule has 2 aromatic carbocycles. The van der Waals surface area contributed by atoms with E-state index >= 15 is 0 Å². The highest BCUT2D eigenvalue weighted by molar-refractivity contribution is 5.86. The van der Waals surface area contributed by atoms with Crippen LogP contribution in [-0.2, 0) is 0 Å². The Hall–Kier alpha value is -1.34. The largest absolute Gasteiger partial charge is 0.393 e. The van der Waals surface area contributed by atoms with Gasteiger partial charge in [0.1, 0.15) is 0 Å². The topological polar surface area (TPSA) is 20.2 Å². The quantitative estimate of drug-likeness (QED) is 0.783. The fourth-order valence-electron chi connectivity index (χ4n) is 3.05. The molecule has 1 aliphatic carbocycles. The Kier molecular flexibility index (Phi) is 2.86. The number of fused-ring (bicyclic) bond motifs is 1. The number of hydrogen-bond acceptors (Lipinski definition) is 1. The summed E-state index contributed by atoms with van der Waals surface area (Å²) >= 11 is 0. The van der Waals surface area contributed by atoms with Crippen molar-refractivity contribution in [3.63, 3.8) is 0 Å². The van der Waals surface area contributed by atoms with Crippen LogP contribution in [0.5, 0.6) is 0 Å². The van der Waals surface area contributed by atoms with Crippen molar-refractivity contribution >= 4 is 10.8 Å². The second-order valence-electron chi connectivity index (χ2n) is 5.09. The molecule has 3 rings (SSSR count). The summed E-state index contributed by atoms with van der Waals surface area (Å²) in [7, 11) is 0. The van der Waals surface area contributed by atoms with E-state index in [1.54, 1.807) is 0 Å². The van der Waals surface area contributed by atoms with Gasteiger partial charge in [0.2, 0.25) is 0 Å². The molecular formula is C16H18O. The maximum atomic E-state index is 9.81. The van der Waals surface area contributed by atoms with Crippen LogP contribution < -0.4 is 0 Å². The van der Waals surface area contributed by atoms with Gasteiger partial charge in [0.05, 0.1) is 6.10 Å². The molecule has 2 unspecified atom stereocenters. The van der Waals surface area contributed by atoms with E-state index in [4.69, 9.17) is 0 Å². The average molecular weight is 226 g/mol. The highest BCUT2D eigenvalue weighted by Crippen LogP contribution is 2.36. The summed E-state index contributed by atoms with van der Waals surface area (Å²) in [4.78, 5) is 0. The van der Waals surface area contributed by atoms with E-state index in [1.807, 2.05) is 0 Å². The Morgan fingerprint density at radius 3 is 2.65 bits per heavy atom. The van der Waals surface area contributed by atoms with Gasteiger partial charge >= 0.3 is 0 Å². The first kappa shape index (κ1) is 10.8. The smallest absolute Gasteiger partial charge is 0.0546 e. The molecule has 17 heavy (non-hydrogen) atoms. The molecular weight excluding hydrogens is 208 g/mol. The van der Waals surface area contributed by atoms with Gasteiger partial charge in [0.15, 0.2) is 0 Å². The van der Waals surface area contributed by atoms with Crippen LogP contribution in [0.15, 0.2) is 42.5 Å². The highest BCUT2D eigenvalue weighted by atomic mass is 16.3. The predicted octanol–water partition coefficient (Wildman–Crippen LogP) is 3.86. The van der Waals surface area contributed by atoms with Crippen molar-refractivity contribution in [2.45, 2.75) is 37.7 Å². The number of hydrogen-bond donors (Lipinski definition) is 1. The molecule has 1 aliphatic rings. The van der Waals surface area contributed by atoms with E-state index in [0.29, 0.717) is 5.92 Å². The minimum atomic E-state index is -0.104. The van der Waals surface area contributed by atoms with Gasteiger partial charge in [0, 0.05) is 0 Å². The van der Waals surface area contributed by atoms with Crippen molar-refractivity contribution in [3.05, 3.63) is 48.0 Å². The van der Waals surface area contributed by atoms with Crippen LogP contribution in [0.2, 0.25) is 0 Å². The molecule has 1 N–H and O–H groups in total. The molecule has 2 aromatic rings. The third-order valence-corrected chi connectivity index (χ3v) is 3.91. The van der Waals surface area contributed by atoms with Gasteiger partial charge in [0.25, 0.3) is 0 Å². The first-order valence-electron chi connectivity index (χ1n) is 6.50. The Morgan fingerprint density at radius 1 is 0.941 bits per heavy atom. The monoisotopic (exact) mass is 226 g/mol. The van der Waals surface area contributed by atoms with Crippen molar-refractivity contribution in [2.75, 3.05) is 0 Å². The lowest BCUT2D eigenvalue weighted by Gasteiger charge is -2.27. The lowest BCUT2D eigenvalue weighted by atomic mass is 9.81. The summed E-state index contributed by atoms with van der Waals surface area (Å²) in [6.07, 6.45) is 4.16. The van der Waals surface area contributed by atoms with Crippen molar-refractivity contribution in [1.82, 2.24) is 0 Å².